The van der Waals surface area contributed by atoms with Crippen LogP contribution in [0.4, 0.5) is 0 Å². The van der Waals surface area contributed by atoms with Crippen LogP contribution in [0.5, 0.6) is 0 Å². The van der Waals surface area contributed by atoms with E-state index in [-0.39, 0.29) is 23.0 Å². The van der Waals surface area contributed by atoms with Crippen molar-refractivity contribution in [1.29, 1.82) is 0 Å². The molecule has 0 unspecified atom stereocenters. The number of hydrogen-bond acceptors (Lipinski definition) is 4. The SMILES string of the molecule is Cc1cccc(CN2C(=O)CCCC[C@@H]3[C@@H]2CCN3S(=O)(=O)c2cn(C)cn2)c1. The van der Waals surface area contributed by atoms with E-state index in [2.05, 4.69) is 11.1 Å². The molecular weight excluding hydrogens is 388 g/mol. The van der Waals surface area contributed by atoms with Crippen molar-refractivity contribution in [2.75, 3.05) is 6.54 Å². The number of amides is 1. The van der Waals surface area contributed by atoms with E-state index >= 15 is 0 Å². The molecule has 156 valence electrons. The average Bonchev–Trinajstić information content (AvgIpc) is 3.29. The molecule has 0 bridgehead atoms. The van der Waals surface area contributed by atoms with E-state index in [0.29, 0.717) is 25.9 Å². The molecule has 0 spiro atoms. The Hall–Kier alpha value is -2.19. The third kappa shape index (κ3) is 3.96. The van der Waals surface area contributed by atoms with Gasteiger partial charge in [-0.2, -0.15) is 4.31 Å². The summed E-state index contributed by atoms with van der Waals surface area (Å²) >= 11 is 0. The number of imidazole rings is 1. The Bertz CT molecular complexity index is 1000. The summed E-state index contributed by atoms with van der Waals surface area (Å²) in [6.45, 7) is 2.99. The fourth-order valence-electron chi connectivity index (χ4n) is 4.62. The number of carbonyl (C=O) groups excluding carboxylic acids is 1. The van der Waals surface area contributed by atoms with Gasteiger partial charge in [-0.1, -0.05) is 36.2 Å². The van der Waals surface area contributed by atoms with Crippen LogP contribution >= 0.6 is 0 Å². The van der Waals surface area contributed by atoms with Crippen molar-refractivity contribution in [2.45, 2.75) is 62.7 Å². The molecule has 29 heavy (non-hydrogen) atoms. The monoisotopic (exact) mass is 416 g/mol. The third-order valence-electron chi connectivity index (χ3n) is 6.01. The van der Waals surface area contributed by atoms with Gasteiger partial charge in [-0.3, -0.25) is 4.79 Å². The molecule has 0 saturated carbocycles. The molecule has 2 aliphatic heterocycles. The lowest BCUT2D eigenvalue weighted by Crippen LogP contribution is -2.49. The number of rotatable bonds is 4. The first-order chi connectivity index (χ1) is 13.9. The molecule has 8 heteroatoms. The highest BCUT2D eigenvalue weighted by atomic mass is 32.2. The molecule has 2 aromatic rings. The number of benzene rings is 1. The third-order valence-corrected chi connectivity index (χ3v) is 7.82. The molecule has 2 saturated heterocycles. The zero-order chi connectivity index (χ0) is 20.6. The van der Waals surface area contributed by atoms with Gasteiger partial charge in [0.2, 0.25) is 5.91 Å². The minimum Gasteiger partial charge on any atom is -0.339 e. The van der Waals surface area contributed by atoms with E-state index in [9.17, 15) is 13.2 Å². The average molecular weight is 417 g/mol. The van der Waals surface area contributed by atoms with Crippen LogP contribution in [0.3, 0.4) is 0 Å². The van der Waals surface area contributed by atoms with Gasteiger partial charge in [-0.25, -0.2) is 13.4 Å². The number of aryl methyl sites for hydroxylation is 2. The molecule has 2 aliphatic rings. The maximum atomic E-state index is 13.2. The first-order valence-electron chi connectivity index (χ1n) is 10.2. The van der Waals surface area contributed by atoms with E-state index in [1.165, 1.54) is 6.33 Å². The summed E-state index contributed by atoms with van der Waals surface area (Å²) < 4.78 is 29.7. The summed E-state index contributed by atoms with van der Waals surface area (Å²) in [5.41, 5.74) is 2.24. The van der Waals surface area contributed by atoms with Gasteiger partial charge in [-0.05, 0) is 31.7 Å². The number of aromatic nitrogens is 2. The van der Waals surface area contributed by atoms with Crippen LogP contribution < -0.4 is 0 Å². The molecule has 2 atom stereocenters. The van der Waals surface area contributed by atoms with Crippen molar-refractivity contribution in [3.8, 4) is 0 Å². The molecule has 3 heterocycles. The van der Waals surface area contributed by atoms with E-state index in [0.717, 1.165) is 30.4 Å². The molecule has 4 rings (SSSR count). The van der Waals surface area contributed by atoms with E-state index < -0.39 is 10.0 Å². The summed E-state index contributed by atoms with van der Waals surface area (Å²) in [7, 11) is -1.91. The Labute approximate surface area is 172 Å². The second-order valence-electron chi connectivity index (χ2n) is 8.17. The predicted molar refractivity (Wildman–Crippen MR) is 109 cm³/mol. The van der Waals surface area contributed by atoms with Crippen molar-refractivity contribution in [3.05, 3.63) is 47.9 Å². The standard InChI is InChI=1S/C21H28N4O3S/c1-16-6-5-7-17(12-16)13-24-18-10-11-25(19(18)8-3-4-9-21(24)26)29(27,28)20-14-23(2)15-22-20/h5-7,12,14-15,18-19H,3-4,8-11,13H2,1-2H3/t18-,19+/m0/s1. The molecule has 7 nitrogen and oxygen atoms in total. The number of carbonyl (C=O) groups is 1. The van der Waals surface area contributed by atoms with Crippen LogP contribution in [0.2, 0.25) is 0 Å². The van der Waals surface area contributed by atoms with Crippen LogP contribution in [0.25, 0.3) is 0 Å². The van der Waals surface area contributed by atoms with E-state index in [4.69, 9.17) is 0 Å². The van der Waals surface area contributed by atoms with Crippen molar-refractivity contribution < 1.29 is 13.2 Å². The first kappa shape index (κ1) is 20.1. The maximum absolute atomic E-state index is 13.2. The van der Waals surface area contributed by atoms with E-state index in [1.54, 1.807) is 22.1 Å². The van der Waals surface area contributed by atoms with Gasteiger partial charge >= 0.3 is 0 Å². The Morgan fingerprint density at radius 1 is 1.17 bits per heavy atom. The zero-order valence-electron chi connectivity index (χ0n) is 17.0. The number of sulfonamides is 1. The van der Waals surface area contributed by atoms with Gasteiger partial charge in [-0.15, -0.1) is 0 Å². The molecule has 2 fully saturated rings. The molecular formula is C21H28N4O3S. The van der Waals surface area contributed by atoms with Crippen molar-refractivity contribution in [1.82, 2.24) is 18.8 Å². The van der Waals surface area contributed by atoms with Crippen molar-refractivity contribution >= 4 is 15.9 Å². The first-order valence-corrected chi connectivity index (χ1v) is 11.6. The fourth-order valence-corrected chi connectivity index (χ4v) is 6.29. The van der Waals surface area contributed by atoms with Crippen LogP contribution in [-0.2, 0) is 28.4 Å². The van der Waals surface area contributed by atoms with Crippen molar-refractivity contribution in [2.24, 2.45) is 7.05 Å². The minimum absolute atomic E-state index is 0.0827. The van der Waals surface area contributed by atoms with Crippen LogP contribution in [-0.4, -0.2) is 51.7 Å². The highest BCUT2D eigenvalue weighted by Gasteiger charge is 2.46. The lowest BCUT2D eigenvalue weighted by Gasteiger charge is -2.37. The van der Waals surface area contributed by atoms with Gasteiger partial charge in [0.25, 0.3) is 10.0 Å². The quantitative estimate of drug-likeness (QED) is 0.767. The molecule has 0 N–H and O–H groups in total. The van der Waals surface area contributed by atoms with Gasteiger partial charge in [0.15, 0.2) is 5.03 Å². The fraction of sp³-hybridized carbons (Fsp3) is 0.524. The summed E-state index contributed by atoms with van der Waals surface area (Å²) in [5.74, 6) is 0.123. The van der Waals surface area contributed by atoms with Crippen LogP contribution in [0, 0.1) is 6.92 Å². The topological polar surface area (TPSA) is 75.5 Å². The molecule has 0 radical (unpaired) electrons. The Kier molecular flexibility index (Phi) is 5.48. The molecule has 1 aromatic heterocycles. The smallest absolute Gasteiger partial charge is 0.262 e. The molecule has 1 amide bonds. The summed E-state index contributed by atoms with van der Waals surface area (Å²) in [6, 6.07) is 7.88. The Morgan fingerprint density at radius 2 is 2.00 bits per heavy atom. The Balaban J connectivity index is 1.64. The number of nitrogens with zero attached hydrogens (tertiary/aromatic N) is 4. The van der Waals surface area contributed by atoms with Gasteiger partial charge in [0, 0.05) is 44.8 Å². The van der Waals surface area contributed by atoms with Crippen molar-refractivity contribution in [3.63, 3.8) is 0 Å². The van der Waals surface area contributed by atoms with Crippen LogP contribution in [0.15, 0.2) is 41.8 Å². The Morgan fingerprint density at radius 3 is 2.72 bits per heavy atom. The normalized spacial score (nSPS) is 23.7. The number of fused-ring (bicyclic) bond motifs is 1. The second kappa shape index (κ2) is 7.91. The maximum Gasteiger partial charge on any atom is 0.262 e. The minimum atomic E-state index is -3.67. The van der Waals surface area contributed by atoms with Crippen LogP contribution in [0.1, 0.15) is 43.2 Å². The lowest BCUT2D eigenvalue weighted by molar-refractivity contribution is -0.135. The highest BCUT2D eigenvalue weighted by Crippen LogP contribution is 2.34. The molecule has 1 aromatic carbocycles. The largest absolute Gasteiger partial charge is 0.339 e. The van der Waals surface area contributed by atoms with Gasteiger partial charge in [0.05, 0.1) is 6.33 Å². The zero-order valence-corrected chi connectivity index (χ0v) is 17.8. The molecule has 0 aliphatic carbocycles. The number of likely N-dealkylation sites (tertiary alicyclic amines) is 1. The highest BCUT2D eigenvalue weighted by molar-refractivity contribution is 7.89. The lowest BCUT2D eigenvalue weighted by atomic mass is 9.96. The summed E-state index contributed by atoms with van der Waals surface area (Å²) in [5, 5.41) is 0.0827. The number of hydrogen-bond donors (Lipinski definition) is 0. The summed E-state index contributed by atoms with van der Waals surface area (Å²) in [6.07, 6.45) is 6.67. The second-order valence-corrected chi connectivity index (χ2v) is 10.0. The van der Waals surface area contributed by atoms with Gasteiger partial charge in [0.1, 0.15) is 0 Å². The van der Waals surface area contributed by atoms with E-state index in [1.807, 2.05) is 30.0 Å². The summed E-state index contributed by atoms with van der Waals surface area (Å²) in [4.78, 5) is 19.0. The van der Waals surface area contributed by atoms with Gasteiger partial charge < -0.3 is 9.47 Å². The predicted octanol–water partition coefficient (Wildman–Crippen LogP) is 2.46.